The second-order valence-electron chi connectivity index (χ2n) is 6.10. The van der Waals surface area contributed by atoms with Gasteiger partial charge in [0.05, 0.1) is 0 Å². The number of anilines is 1. The van der Waals surface area contributed by atoms with E-state index in [1.54, 1.807) is 59.5 Å². The average Bonchev–Trinajstić information content (AvgIpc) is 2.72. The molecule has 0 aliphatic rings. The van der Waals surface area contributed by atoms with Gasteiger partial charge in [0, 0.05) is 35.4 Å². The standard InChI is InChI=1S/C22H23ClN2O4/c1-3-25(4-2)22(28)17-8-6-10-19(14-17)24-20(26)15-29-21(27)12-11-16-7-5-9-18(23)13-16/h5-14H,3-4,15H2,1-2H3,(H,24,26)/b12-11+. The highest BCUT2D eigenvalue weighted by molar-refractivity contribution is 6.30. The number of esters is 1. The van der Waals surface area contributed by atoms with E-state index in [-0.39, 0.29) is 5.91 Å². The van der Waals surface area contributed by atoms with Gasteiger partial charge >= 0.3 is 5.97 Å². The van der Waals surface area contributed by atoms with E-state index in [1.807, 2.05) is 13.8 Å². The number of nitrogens with zero attached hydrogens (tertiary/aromatic N) is 1. The van der Waals surface area contributed by atoms with Gasteiger partial charge in [-0.05, 0) is 55.8 Å². The smallest absolute Gasteiger partial charge is 0.331 e. The lowest BCUT2D eigenvalue weighted by Gasteiger charge is -2.19. The number of hydrogen-bond acceptors (Lipinski definition) is 4. The minimum atomic E-state index is -0.648. The summed E-state index contributed by atoms with van der Waals surface area (Å²) >= 11 is 5.88. The predicted octanol–water partition coefficient (Wildman–Crippen LogP) is 4.02. The van der Waals surface area contributed by atoms with Crippen LogP contribution in [0.5, 0.6) is 0 Å². The summed E-state index contributed by atoms with van der Waals surface area (Å²) < 4.78 is 4.93. The monoisotopic (exact) mass is 414 g/mol. The minimum Gasteiger partial charge on any atom is -0.452 e. The molecule has 0 aromatic heterocycles. The first kappa shape index (κ1) is 22.2. The molecule has 0 aliphatic heterocycles. The molecule has 0 atom stereocenters. The molecule has 2 amide bonds. The third-order valence-electron chi connectivity index (χ3n) is 4.05. The van der Waals surface area contributed by atoms with Crippen molar-refractivity contribution in [3.8, 4) is 0 Å². The lowest BCUT2D eigenvalue weighted by Crippen LogP contribution is -2.30. The molecule has 152 valence electrons. The molecule has 1 N–H and O–H groups in total. The zero-order valence-corrected chi connectivity index (χ0v) is 17.1. The maximum Gasteiger partial charge on any atom is 0.331 e. The van der Waals surface area contributed by atoms with E-state index in [0.717, 1.165) is 5.56 Å². The molecule has 0 unspecified atom stereocenters. The molecular weight excluding hydrogens is 392 g/mol. The van der Waals surface area contributed by atoms with Crippen molar-refractivity contribution in [3.05, 3.63) is 70.8 Å². The number of carbonyl (C=O) groups excluding carboxylic acids is 3. The van der Waals surface area contributed by atoms with E-state index in [9.17, 15) is 14.4 Å². The highest BCUT2D eigenvalue weighted by Gasteiger charge is 2.13. The van der Waals surface area contributed by atoms with Crippen molar-refractivity contribution in [1.29, 1.82) is 0 Å². The van der Waals surface area contributed by atoms with Gasteiger partial charge in [-0.15, -0.1) is 0 Å². The van der Waals surface area contributed by atoms with Crippen LogP contribution in [-0.2, 0) is 14.3 Å². The van der Waals surface area contributed by atoms with Gasteiger partial charge in [-0.25, -0.2) is 4.79 Å². The summed E-state index contributed by atoms with van der Waals surface area (Å²) in [5, 5.41) is 3.18. The van der Waals surface area contributed by atoms with Crippen LogP contribution in [0.2, 0.25) is 5.02 Å². The quantitative estimate of drug-likeness (QED) is 0.523. The third kappa shape index (κ3) is 7.08. The summed E-state index contributed by atoms with van der Waals surface area (Å²) in [4.78, 5) is 37.9. The second kappa shape index (κ2) is 11.0. The number of ether oxygens (including phenoxy) is 1. The molecule has 6 nitrogen and oxygen atoms in total. The van der Waals surface area contributed by atoms with Gasteiger partial charge in [0.1, 0.15) is 0 Å². The maximum absolute atomic E-state index is 12.4. The van der Waals surface area contributed by atoms with Gasteiger partial charge in [-0.2, -0.15) is 0 Å². The number of rotatable bonds is 8. The van der Waals surface area contributed by atoms with Crippen LogP contribution in [0.1, 0.15) is 29.8 Å². The molecule has 0 saturated heterocycles. The Balaban J connectivity index is 1.88. The van der Waals surface area contributed by atoms with Crippen LogP contribution < -0.4 is 5.32 Å². The number of nitrogens with one attached hydrogen (secondary N) is 1. The number of benzene rings is 2. The Morgan fingerprint density at radius 3 is 2.48 bits per heavy atom. The zero-order chi connectivity index (χ0) is 21.2. The van der Waals surface area contributed by atoms with Gasteiger partial charge in [0.2, 0.25) is 0 Å². The largest absolute Gasteiger partial charge is 0.452 e. The molecule has 2 aromatic rings. The summed E-state index contributed by atoms with van der Waals surface area (Å²) in [6.07, 6.45) is 2.77. The van der Waals surface area contributed by atoms with E-state index < -0.39 is 18.5 Å². The van der Waals surface area contributed by atoms with Gasteiger partial charge in [-0.1, -0.05) is 29.8 Å². The molecule has 29 heavy (non-hydrogen) atoms. The van der Waals surface area contributed by atoms with E-state index in [2.05, 4.69) is 5.32 Å². The number of halogens is 1. The molecule has 0 aliphatic carbocycles. The van der Waals surface area contributed by atoms with Crippen LogP contribution in [0.3, 0.4) is 0 Å². The Hall–Kier alpha value is -3.12. The highest BCUT2D eigenvalue weighted by Crippen LogP contribution is 2.13. The SMILES string of the molecule is CCN(CC)C(=O)c1cccc(NC(=O)COC(=O)/C=C/c2cccc(Cl)c2)c1. The lowest BCUT2D eigenvalue weighted by atomic mass is 10.1. The first-order valence-electron chi connectivity index (χ1n) is 9.22. The molecule has 0 bridgehead atoms. The number of hydrogen-bond donors (Lipinski definition) is 1. The molecule has 0 saturated carbocycles. The van der Waals surface area contributed by atoms with Crippen LogP contribution >= 0.6 is 11.6 Å². The van der Waals surface area contributed by atoms with Crippen molar-refractivity contribution in [2.45, 2.75) is 13.8 Å². The Labute approximate surface area is 175 Å². The summed E-state index contributed by atoms with van der Waals surface area (Å²) in [6.45, 7) is 4.58. The lowest BCUT2D eigenvalue weighted by molar-refractivity contribution is -0.142. The Kier molecular flexibility index (Phi) is 8.43. The van der Waals surface area contributed by atoms with Gasteiger partial charge < -0.3 is 15.0 Å². The Morgan fingerprint density at radius 1 is 1.07 bits per heavy atom. The van der Waals surface area contributed by atoms with Gasteiger partial charge in [0.25, 0.3) is 11.8 Å². The van der Waals surface area contributed by atoms with E-state index in [4.69, 9.17) is 16.3 Å². The first-order valence-corrected chi connectivity index (χ1v) is 9.60. The third-order valence-corrected chi connectivity index (χ3v) is 4.29. The first-order chi connectivity index (χ1) is 13.9. The molecule has 0 radical (unpaired) electrons. The normalized spacial score (nSPS) is 10.6. The fourth-order valence-electron chi connectivity index (χ4n) is 2.58. The average molecular weight is 415 g/mol. The van der Waals surface area contributed by atoms with Crippen molar-refractivity contribution < 1.29 is 19.1 Å². The summed E-state index contributed by atoms with van der Waals surface area (Å²) in [5.74, 6) is -1.25. The number of amides is 2. The number of carbonyl (C=O) groups is 3. The van der Waals surface area contributed by atoms with E-state index >= 15 is 0 Å². The maximum atomic E-state index is 12.4. The summed E-state index contributed by atoms with van der Waals surface area (Å²) in [5.41, 5.74) is 1.68. The van der Waals surface area contributed by atoms with Crippen LogP contribution in [-0.4, -0.2) is 42.4 Å². The molecule has 0 fully saturated rings. The van der Waals surface area contributed by atoms with Gasteiger partial charge in [0.15, 0.2) is 6.61 Å². The fourth-order valence-corrected chi connectivity index (χ4v) is 2.78. The van der Waals surface area contributed by atoms with E-state index in [0.29, 0.717) is 29.4 Å². The van der Waals surface area contributed by atoms with Gasteiger partial charge in [-0.3, -0.25) is 9.59 Å². The summed E-state index contributed by atoms with van der Waals surface area (Å²) in [6, 6.07) is 13.6. The van der Waals surface area contributed by atoms with Crippen molar-refractivity contribution in [2.75, 3.05) is 25.0 Å². The van der Waals surface area contributed by atoms with Crippen LogP contribution in [0, 0.1) is 0 Å². The van der Waals surface area contributed by atoms with Crippen LogP contribution in [0.15, 0.2) is 54.6 Å². The molecular formula is C22H23ClN2O4. The molecule has 0 spiro atoms. The van der Waals surface area contributed by atoms with Crippen molar-refractivity contribution in [2.24, 2.45) is 0 Å². The van der Waals surface area contributed by atoms with Crippen molar-refractivity contribution in [1.82, 2.24) is 4.90 Å². The molecule has 0 heterocycles. The van der Waals surface area contributed by atoms with Crippen molar-refractivity contribution in [3.63, 3.8) is 0 Å². The predicted molar refractivity (Wildman–Crippen MR) is 114 cm³/mol. The Bertz CT molecular complexity index is 907. The molecule has 2 rings (SSSR count). The molecule has 2 aromatic carbocycles. The van der Waals surface area contributed by atoms with Crippen LogP contribution in [0.25, 0.3) is 6.08 Å². The zero-order valence-electron chi connectivity index (χ0n) is 16.4. The summed E-state index contributed by atoms with van der Waals surface area (Å²) in [7, 11) is 0. The van der Waals surface area contributed by atoms with Crippen LogP contribution in [0.4, 0.5) is 5.69 Å². The fraction of sp³-hybridized carbons (Fsp3) is 0.227. The second-order valence-corrected chi connectivity index (χ2v) is 6.54. The van der Waals surface area contributed by atoms with E-state index in [1.165, 1.54) is 6.08 Å². The topological polar surface area (TPSA) is 75.7 Å². The Morgan fingerprint density at radius 2 is 1.79 bits per heavy atom. The minimum absolute atomic E-state index is 0.108. The highest BCUT2D eigenvalue weighted by atomic mass is 35.5. The molecule has 7 heteroatoms. The van der Waals surface area contributed by atoms with Crippen molar-refractivity contribution >= 4 is 41.1 Å².